The van der Waals surface area contributed by atoms with Gasteiger partial charge in [-0.25, -0.2) is 9.37 Å². The maximum absolute atomic E-state index is 13.5. The first kappa shape index (κ1) is 20.3. The van der Waals surface area contributed by atoms with E-state index in [0.717, 1.165) is 11.6 Å². The summed E-state index contributed by atoms with van der Waals surface area (Å²) in [5.41, 5.74) is 0.798. The third-order valence-corrected chi connectivity index (χ3v) is 4.65. The summed E-state index contributed by atoms with van der Waals surface area (Å²) in [5, 5.41) is 0.142. The van der Waals surface area contributed by atoms with Crippen LogP contribution in [-0.2, 0) is 17.9 Å². The molecule has 7 nitrogen and oxygen atoms in total. The minimum absolute atomic E-state index is 0.142. The largest absolute Gasteiger partial charge is 0.493 e. The van der Waals surface area contributed by atoms with Gasteiger partial charge in [-0.05, 0) is 42.8 Å². The van der Waals surface area contributed by atoms with Crippen LogP contribution in [0.25, 0.3) is 10.9 Å². The number of rotatable bonds is 7. The van der Waals surface area contributed by atoms with Gasteiger partial charge < -0.3 is 14.4 Å². The first-order valence-electron chi connectivity index (χ1n) is 9.10. The molecular weight excluding hydrogens is 377 g/mol. The van der Waals surface area contributed by atoms with Crippen molar-refractivity contribution >= 4 is 16.8 Å². The predicted molar refractivity (Wildman–Crippen MR) is 107 cm³/mol. The zero-order valence-corrected chi connectivity index (χ0v) is 16.5. The summed E-state index contributed by atoms with van der Waals surface area (Å²) in [7, 11) is 3.10. The average molecular weight is 399 g/mol. The monoisotopic (exact) mass is 399 g/mol. The van der Waals surface area contributed by atoms with Gasteiger partial charge >= 0.3 is 0 Å². The molecule has 0 saturated carbocycles. The highest BCUT2D eigenvalue weighted by atomic mass is 19.1. The highest BCUT2D eigenvalue weighted by Crippen LogP contribution is 2.28. The summed E-state index contributed by atoms with van der Waals surface area (Å²) in [6.07, 6.45) is 1.31. The van der Waals surface area contributed by atoms with Crippen molar-refractivity contribution in [2.24, 2.45) is 0 Å². The normalized spacial score (nSPS) is 10.8. The van der Waals surface area contributed by atoms with Gasteiger partial charge in [0.15, 0.2) is 11.5 Å². The Balaban J connectivity index is 1.81. The Morgan fingerprint density at radius 2 is 1.90 bits per heavy atom. The van der Waals surface area contributed by atoms with Crippen molar-refractivity contribution in [1.29, 1.82) is 0 Å². The summed E-state index contributed by atoms with van der Waals surface area (Å²) >= 11 is 0. The molecule has 0 aliphatic heterocycles. The summed E-state index contributed by atoms with van der Waals surface area (Å²) in [6.45, 7) is 2.48. The fourth-order valence-electron chi connectivity index (χ4n) is 3.07. The molecule has 3 rings (SSSR count). The van der Waals surface area contributed by atoms with Crippen LogP contribution in [-0.4, -0.2) is 41.1 Å². The topological polar surface area (TPSA) is 73.7 Å². The van der Waals surface area contributed by atoms with Gasteiger partial charge in [0.2, 0.25) is 5.91 Å². The van der Waals surface area contributed by atoms with Gasteiger partial charge in [0.1, 0.15) is 12.4 Å². The lowest BCUT2D eigenvalue weighted by atomic mass is 10.2. The standard InChI is InChI=1S/C21H22FN3O4/c1-4-24(11-14-5-8-18(28-2)19(9-14)29-3)20(26)12-25-13-23-17-7-6-15(22)10-16(17)21(25)27/h5-10,13H,4,11-12H2,1-3H3. The van der Waals surface area contributed by atoms with Crippen LogP contribution in [0.15, 0.2) is 47.5 Å². The van der Waals surface area contributed by atoms with Gasteiger partial charge in [-0.3, -0.25) is 14.2 Å². The molecule has 2 aromatic carbocycles. The Morgan fingerprint density at radius 1 is 1.14 bits per heavy atom. The molecular formula is C21H22FN3O4. The molecule has 1 heterocycles. The van der Waals surface area contributed by atoms with E-state index in [1.165, 1.54) is 23.0 Å². The van der Waals surface area contributed by atoms with Crippen LogP contribution in [0.3, 0.4) is 0 Å². The molecule has 0 N–H and O–H groups in total. The Labute approximate surface area is 167 Å². The summed E-state index contributed by atoms with van der Waals surface area (Å²) in [4.78, 5) is 31.1. The van der Waals surface area contributed by atoms with E-state index in [9.17, 15) is 14.0 Å². The molecule has 8 heteroatoms. The number of amides is 1. The van der Waals surface area contributed by atoms with Crippen LogP contribution in [0.1, 0.15) is 12.5 Å². The van der Waals surface area contributed by atoms with E-state index in [4.69, 9.17) is 9.47 Å². The van der Waals surface area contributed by atoms with Gasteiger partial charge in [-0.1, -0.05) is 6.07 Å². The number of hydrogen-bond donors (Lipinski definition) is 0. The van der Waals surface area contributed by atoms with Crippen LogP contribution < -0.4 is 15.0 Å². The van der Waals surface area contributed by atoms with Crippen molar-refractivity contribution in [3.05, 3.63) is 64.5 Å². The first-order chi connectivity index (χ1) is 14.0. The molecule has 152 valence electrons. The quantitative estimate of drug-likeness (QED) is 0.611. The molecule has 0 aliphatic carbocycles. The molecule has 3 aromatic rings. The molecule has 0 atom stereocenters. The minimum Gasteiger partial charge on any atom is -0.493 e. The Morgan fingerprint density at radius 3 is 2.59 bits per heavy atom. The molecule has 1 amide bonds. The van der Waals surface area contributed by atoms with E-state index in [1.807, 2.05) is 13.0 Å². The number of nitrogens with zero attached hydrogens (tertiary/aromatic N) is 3. The minimum atomic E-state index is -0.524. The Hall–Kier alpha value is -3.42. The highest BCUT2D eigenvalue weighted by Gasteiger charge is 2.16. The van der Waals surface area contributed by atoms with Gasteiger partial charge in [0, 0.05) is 13.1 Å². The second kappa shape index (κ2) is 8.72. The maximum atomic E-state index is 13.5. The van der Waals surface area contributed by atoms with Crippen LogP contribution in [0.4, 0.5) is 4.39 Å². The molecule has 0 saturated heterocycles. The van der Waals surface area contributed by atoms with E-state index in [0.29, 0.717) is 30.1 Å². The molecule has 0 bridgehead atoms. The molecule has 0 unspecified atom stereocenters. The number of halogens is 1. The van der Waals surface area contributed by atoms with Crippen molar-refractivity contribution in [1.82, 2.24) is 14.5 Å². The molecule has 0 radical (unpaired) electrons. The number of fused-ring (bicyclic) bond motifs is 1. The number of likely N-dealkylation sites (N-methyl/N-ethyl adjacent to an activating group) is 1. The van der Waals surface area contributed by atoms with Crippen LogP contribution in [0, 0.1) is 5.82 Å². The number of aromatic nitrogens is 2. The number of carbonyl (C=O) groups excluding carboxylic acids is 1. The Kier molecular flexibility index (Phi) is 6.11. The van der Waals surface area contributed by atoms with E-state index >= 15 is 0 Å². The van der Waals surface area contributed by atoms with E-state index in [-0.39, 0.29) is 17.8 Å². The summed E-state index contributed by atoms with van der Waals surface area (Å²) < 4.78 is 25.2. The number of benzene rings is 2. The number of methoxy groups -OCH3 is 2. The van der Waals surface area contributed by atoms with Gasteiger partial charge in [0.05, 0.1) is 31.4 Å². The summed E-state index contributed by atoms with van der Waals surface area (Å²) in [5.74, 6) is 0.406. The third kappa shape index (κ3) is 4.37. The van der Waals surface area contributed by atoms with E-state index < -0.39 is 11.4 Å². The zero-order valence-electron chi connectivity index (χ0n) is 16.5. The second-order valence-electron chi connectivity index (χ2n) is 6.44. The van der Waals surface area contributed by atoms with Crippen LogP contribution >= 0.6 is 0 Å². The molecule has 0 fully saturated rings. The molecule has 0 aliphatic rings. The number of ether oxygens (including phenoxy) is 2. The van der Waals surface area contributed by atoms with Crippen molar-refractivity contribution in [3.8, 4) is 11.5 Å². The van der Waals surface area contributed by atoms with E-state index in [1.54, 1.807) is 31.3 Å². The van der Waals surface area contributed by atoms with Crippen LogP contribution in [0.5, 0.6) is 11.5 Å². The fourth-order valence-corrected chi connectivity index (χ4v) is 3.07. The lowest BCUT2D eigenvalue weighted by Crippen LogP contribution is -2.36. The Bertz CT molecular complexity index is 1100. The van der Waals surface area contributed by atoms with Gasteiger partial charge in [-0.2, -0.15) is 0 Å². The third-order valence-electron chi connectivity index (χ3n) is 4.65. The van der Waals surface area contributed by atoms with Crippen molar-refractivity contribution in [2.75, 3.05) is 20.8 Å². The van der Waals surface area contributed by atoms with Gasteiger partial charge in [0.25, 0.3) is 5.56 Å². The summed E-state index contributed by atoms with van der Waals surface area (Å²) in [6, 6.07) is 9.25. The number of hydrogen-bond acceptors (Lipinski definition) is 5. The molecule has 29 heavy (non-hydrogen) atoms. The van der Waals surface area contributed by atoms with Crippen molar-refractivity contribution < 1.29 is 18.7 Å². The lowest BCUT2D eigenvalue weighted by Gasteiger charge is -2.22. The van der Waals surface area contributed by atoms with Crippen molar-refractivity contribution in [2.45, 2.75) is 20.0 Å². The average Bonchev–Trinajstić information content (AvgIpc) is 2.74. The maximum Gasteiger partial charge on any atom is 0.261 e. The number of carbonyl (C=O) groups is 1. The smallest absolute Gasteiger partial charge is 0.261 e. The first-order valence-corrected chi connectivity index (χ1v) is 9.10. The molecule has 1 aromatic heterocycles. The lowest BCUT2D eigenvalue weighted by molar-refractivity contribution is -0.132. The van der Waals surface area contributed by atoms with Crippen LogP contribution in [0.2, 0.25) is 0 Å². The van der Waals surface area contributed by atoms with Gasteiger partial charge in [-0.15, -0.1) is 0 Å². The van der Waals surface area contributed by atoms with Crippen molar-refractivity contribution in [3.63, 3.8) is 0 Å². The predicted octanol–water partition coefficient (Wildman–Crippen LogP) is 2.60. The highest BCUT2D eigenvalue weighted by molar-refractivity contribution is 5.79. The second-order valence-corrected chi connectivity index (χ2v) is 6.44. The SMILES string of the molecule is CCN(Cc1ccc(OC)c(OC)c1)C(=O)Cn1cnc2ccc(F)cc2c1=O. The molecule has 0 spiro atoms. The van der Waals surface area contributed by atoms with E-state index in [2.05, 4.69) is 4.98 Å². The zero-order chi connectivity index (χ0) is 21.0. The fraction of sp³-hybridized carbons (Fsp3) is 0.286.